The molecule has 0 aliphatic carbocycles. The smallest absolute Gasteiger partial charge is 0.350 e. The quantitative estimate of drug-likeness (QED) is 0.415. The zero-order chi connectivity index (χ0) is 23.5. The van der Waals surface area contributed by atoms with Gasteiger partial charge in [-0.2, -0.15) is 13.2 Å². The number of halogens is 4. The van der Waals surface area contributed by atoms with Crippen molar-refractivity contribution in [2.45, 2.75) is 26.1 Å². The summed E-state index contributed by atoms with van der Waals surface area (Å²) in [4.78, 5) is 25.7. The summed E-state index contributed by atoms with van der Waals surface area (Å²) in [6.07, 6.45) is -4.49. The number of anilines is 1. The van der Waals surface area contributed by atoms with Crippen LogP contribution in [0.1, 0.15) is 40.1 Å². The highest BCUT2D eigenvalue weighted by Crippen LogP contribution is 2.34. The summed E-state index contributed by atoms with van der Waals surface area (Å²) in [7, 11) is 0. The summed E-state index contributed by atoms with van der Waals surface area (Å²) in [5.74, 6) is -0.781. The van der Waals surface area contributed by atoms with E-state index in [9.17, 15) is 22.8 Å². The van der Waals surface area contributed by atoms with Crippen LogP contribution in [0, 0.1) is 0 Å². The fraction of sp³-hybridized carbons (Fsp3) is 0.167. The molecule has 0 atom stereocenters. The molecule has 0 aliphatic heterocycles. The van der Waals surface area contributed by atoms with E-state index in [2.05, 4.69) is 26.6 Å². The van der Waals surface area contributed by atoms with Crippen molar-refractivity contribution in [3.63, 3.8) is 0 Å². The largest absolute Gasteiger partial charge is 0.416 e. The normalized spacial score (nSPS) is 11.3. The van der Waals surface area contributed by atoms with Gasteiger partial charge in [0, 0.05) is 21.6 Å². The number of nitrogens with one attached hydrogen (secondary N) is 2. The van der Waals surface area contributed by atoms with E-state index in [0.717, 1.165) is 12.1 Å². The van der Waals surface area contributed by atoms with E-state index in [1.165, 1.54) is 6.07 Å². The number of rotatable bonds is 5. The number of alkyl halides is 3. The van der Waals surface area contributed by atoms with Gasteiger partial charge in [-0.3, -0.25) is 9.59 Å². The van der Waals surface area contributed by atoms with Crippen LogP contribution in [0.25, 0.3) is 11.1 Å². The van der Waals surface area contributed by atoms with Crippen LogP contribution in [0.5, 0.6) is 0 Å². The summed E-state index contributed by atoms with van der Waals surface area (Å²) in [5, 5.41) is 5.49. The summed E-state index contributed by atoms with van der Waals surface area (Å²) in [6, 6.07) is 16.6. The standard InChI is InChI=1S/C24H20BrF3N2O2/c1-14(2)29-22(31)18-9-5-3-7-16(18)17-8-4-6-10-19(17)23(32)30-21-12-11-15(13-20(21)25)24(26,27)28/h3-14H,1-2H3,(H,29,31)(H,30,32). The number of amides is 2. The Balaban J connectivity index is 1.97. The Hall–Kier alpha value is -3.13. The summed E-state index contributed by atoms with van der Waals surface area (Å²) >= 11 is 3.09. The van der Waals surface area contributed by atoms with Gasteiger partial charge < -0.3 is 10.6 Å². The number of hydrogen-bond donors (Lipinski definition) is 2. The third-order valence-corrected chi connectivity index (χ3v) is 5.25. The highest BCUT2D eigenvalue weighted by atomic mass is 79.9. The highest BCUT2D eigenvalue weighted by molar-refractivity contribution is 9.10. The molecule has 0 saturated carbocycles. The van der Waals surface area contributed by atoms with Gasteiger partial charge in [0.15, 0.2) is 0 Å². The van der Waals surface area contributed by atoms with E-state index < -0.39 is 17.6 Å². The first kappa shape index (κ1) is 23.5. The van der Waals surface area contributed by atoms with Crippen molar-refractivity contribution in [3.05, 3.63) is 87.9 Å². The van der Waals surface area contributed by atoms with Crippen LogP contribution < -0.4 is 10.6 Å². The second-order valence-electron chi connectivity index (χ2n) is 7.37. The van der Waals surface area contributed by atoms with Crippen molar-refractivity contribution >= 4 is 33.4 Å². The van der Waals surface area contributed by atoms with Gasteiger partial charge in [0.1, 0.15) is 0 Å². The van der Waals surface area contributed by atoms with E-state index >= 15 is 0 Å². The Morgan fingerprint density at radius 1 is 0.844 bits per heavy atom. The first-order chi connectivity index (χ1) is 15.1. The Labute approximate surface area is 192 Å². The molecule has 4 nitrogen and oxygen atoms in total. The molecular formula is C24H20BrF3N2O2. The molecule has 32 heavy (non-hydrogen) atoms. The maximum atomic E-state index is 13.0. The van der Waals surface area contributed by atoms with Crippen molar-refractivity contribution in [2.75, 3.05) is 5.32 Å². The van der Waals surface area contributed by atoms with Gasteiger partial charge in [-0.1, -0.05) is 36.4 Å². The molecule has 3 rings (SSSR count). The Bertz CT molecular complexity index is 1160. The number of carbonyl (C=O) groups excluding carboxylic acids is 2. The molecule has 0 aliphatic rings. The van der Waals surface area contributed by atoms with Crippen LogP contribution in [0.3, 0.4) is 0 Å². The summed E-state index contributed by atoms with van der Waals surface area (Å²) < 4.78 is 38.8. The minimum atomic E-state index is -4.49. The Morgan fingerprint density at radius 2 is 1.38 bits per heavy atom. The maximum absolute atomic E-state index is 13.0. The summed E-state index contributed by atoms with van der Waals surface area (Å²) in [6.45, 7) is 3.70. The second-order valence-corrected chi connectivity index (χ2v) is 8.22. The van der Waals surface area contributed by atoms with Gasteiger partial charge in [-0.25, -0.2) is 0 Å². The average Bonchev–Trinajstić information content (AvgIpc) is 2.74. The molecule has 0 spiro atoms. The van der Waals surface area contributed by atoms with Crippen LogP contribution in [0.15, 0.2) is 71.2 Å². The topological polar surface area (TPSA) is 58.2 Å². The van der Waals surface area contributed by atoms with E-state index in [0.29, 0.717) is 16.7 Å². The highest BCUT2D eigenvalue weighted by Gasteiger charge is 2.31. The predicted molar refractivity (Wildman–Crippen MR) is 122 cm³/mol. The first-order valence-corrected chi connectivity index (χ1v) is 10.5. The number of carbonyl (C=O) groups is 2. The van der Waals surface area contributed by atoms with Gasteiger partial charge in [0.25, 0.3) is 11.8 Å². The third-order valence-electron chi connectivity index (χ3n) is 4.60. The molecule has 0 heterocycles. The molecule has 3 aromatic rings. The second kappa shape index (κ2) is 9.56. The molecule has 2 N–H and O–H groups in total. The lowest BCUT2D eigenvalue weighted by atomic mass is 9.94. The van der Waals surface area contributed by atoms with E-state index in [1.807, 2.05) is 13.8 Å². The fourth-order valence-corrected chi connectivity index (χ4v) is 3.63. The molecule has 0 aromatic heterocycles. The van der Waals surface area contributed by atoms with Gasteiger partial charge in [-0.05, 0) is 71.2 Å². The van der Waals surface area contributed by atoms with Crippen molar-refractivity contribution in [2.24, 2.45) is 0 Å². The molecule has 2 amide bonds. The zero-order valence-electron chi connectivity index (χ0n) is 17.3. The van der Waals surface area contributed by atoms with E-state index in [4.69, 9.17) is 0 Å². The molecule has 0 bridgehead atoms. The number of hydrogen-bond acceptors (Lipinski definition) is 2. The van der Waals surface area contributed by atoms with Gasteiger partial charge >= 0.3 is 6.18 Å². The zero-order valence-corrected chi connectivity index (χ0v) is 18.8. The van der Waals surface area contributed by atoms with Crippen LogP contribution >= 0.6 is 15.9 Å². The molecule has 0 fully saturated rings. The Morgan fingerprint density at radius 3 is 1.88 bits per heavy atom. The minimum Gasteiger partial charge on any atom is -0.350 e. The molecule has 0 radical (unpaired) electrons. The SMILES string of the molecule is CC(C)NC(=O)c1ccccc1-c1ccccc1C(=O)Nc1ccc(C(F)(F)F)cc1Br. The lowest BCUT2D eigenvalue weighted by Gasteiger charge is -2.16. The van der Waals surface area contributed by atoms with Crippen LogP contribution in [0.4, 0.5) is 18.9 Å². The number of benzene rings is 3. The van der Waals surface area contributed by atoms with E-state index in [-0.39, 0.29) is 27.7 Å². The van der Waals surface area contributed by atoms with Crippen molar-refractivity contribution in [3.8, 4) is 11.1 Å². The van der Waals surface area contributed by atoms with Gasteiger partial charge in [0.2, 0.25) is 0 Å². The Kier molecular flexibility index (Phi) is 7.03. The fourth-order valence-electron chi connectivity index (χ4n) is 3.15. The molecule has 8 heteroatoms. The minimum absolute atomic E-state index is 0.0638. The predicted octanol–water partition coefficient (Wildman–Crippen LogP) is 6.53. The van der Waals surface area contributed by atoms with E-state index in [1.54, 1.807) is 48.5 Å². The monoisotopic (exact) mass is 504 g/mol. The van der Waals surface area contributed by atoms with Crippen LogP contribution in [0.2, 0.25) is 0 Å². The molecule has 0 saturated heterocycles. The molecule has 166 valence electrons. The van der Waals surface area contributed by atoms with Gasteiger partial charge in [0.05, 0.1) is 11.3 Å². The van der Waals surface area contributed by atoms with Gasteiger partial charge in [-0.15, -0.1) is 0 Å². The van der Waals surface area contributed by atoms with Crippen LogP contribution in [-0.2, 0) is 6.18 Å². The first-order valence-electron chi connectivity index (χ1n) is 9.75. The van der Waals surface area contributed by atoms with Crippen LogP contribution in [-0.4, -0.2) is 17.9 Å². The van der Waals surface area contributed by atoms with Crippen molar-refractivity contribution < 1.29 is 22.8 Å². The third kappa shape index (κ3) is 5.37. The molecular weight excluding hydrogens is 485 g/mol. The lowest BCUT2D eigenvalue weighted by molar-refractivity contribution is -0.137. The summed E-state index contributed by atoms with van der Waals surface area (Å²) in [5.41, 5.74) is 1.17. The maximum Gasteiger partial charge on any atom is 0.416 e. The molecule has 0 unspecified atom stereocenters. The molecule has 3 aromatic carbocycles. The van der Waals surface area contributed by atoms with Crippen molar-refractivity contribution in [1.29, 1.82) is 0 Å². The van der Waals surface area contributed by atoms with Crippen molar-refractivity contribution in [1.82, 2.24) is 5.32 Å². The average molecular weight is 505 g/mol. The lowest BCUT2D eigenvalue weighted by Crippen LogP contribution is -2.30.